The summed E-state index contributed by atoms with van der Waals surface area (Å²) in [4.78, 5) is 16.9. The molecule has 2 heterocycles. The highest BCUT2D eigenvalue weighted by Gasteiger charge is 2.00. The number of thiazole rings is 1. The molecule has 0 saturated heterocycles. The first-order valence-electron chi connectivity index (χ1n) is 5.53. The number of nitrogens with zero attached hydrogens (tertiary/aromatic N) is 2. The van der Waals surface area contributed by atoms with Gasteiger partial charge in [0.1, 0.15) is 0 Å². The van der Waals surface area contributed by atoms with Gasteiger partial charge in [0.15, 0.2) is 4.96 Å². The van der Waals surface area contributed by atoms with Crippen LogP contribution in [0.5, 0.6) is 0 Å². The van der Waals surface area contributed by atoms with E-state index in [1.165, 1.54) is 11.3 Å². The Bertz CT molecular complexity index is 756. The highest BCUT2D eigenvalue weighted by atomic mass is 32.1. The Balaban J connectivity index is 2.00. The molecule has 2 aromatic heterocycles. The number of aromatic nitrogens is 2. The molecule has 3 aromatic rings. The molecule has 0 unspecified atom stereocenters. The van der Waals surface area contributed by atoms with E-state index in [-0.39, 0.29) is 5.56 Å². The molecule has 18 heavy (non-hydrogen) atoms. The van der Waals surface area contributed by atoms with Crippen LogP contribution < -0.4 is 5.56 Å². The van der Waals surface area contributed by atoms with Gasteiger partial charge in [0.2, 0.25) is 0 Å². The summed E-state index contributed by atoms with van der Waals surface area (Å²) < 4.78 is 1.55. The number of hydrogen-bond acceptors (Lipinski definition) is 3. The van der Waals surface area contributed by atoms with Gasteiger partial charge in [-0.1, -0.05) is 36.4 Å². The van der Waals surface area contributed by atoms with Crippen molar-refractivity contribution in [2.24, 2.45) is 0 Å². The molecule has 0 spiro atoms. The van der Waals surface area contributed by atoms with Crippen molar-refractivity contribution in [3.8, 4) is 0 Å². The molecule has 0 N–H and O–H groups in total. The fraction of sp³-hybridized carbons (Fsp3) is 0. The predicted octanol–water partition coefficient (Wildman–Crippen LogP) is 2.93. The predicted molar refractivity (Wildman–Crippen MR) is 74.7 cm³/mol. The molecule has 0 aliphatic carbocycles. The van der Waals surface area contributed by atoms with E-state index in [9.17, 15) is 4.79 Å². The van der Waals surface area contributed by atoms with Crippen LogP contribution in [-0.2, 0) is 0 Å². The van der Waals surface area contributed by atoms with Gasteiger partial charge in [0.05, 0.1) is 5.69 Å². The maximum absolute atomic E-state index is 11.8. The van der Waals surface area contributed by atoms with Crippen LogP contribution in [-0.4, -0.2) is 9.38 Å². The van der Waals surface area contributed by atoms with Crippen molar-refractivity contribution >= 4 is 28.4 Å². The van der Waals surface area contributed by atoms with Crippen molar-refractivity contribution in [1.29, 1.82) is 0 Å². The standard InChI is InChI=1S/C14H10N2OS/c17-13-10-12(15-14-16(13)8-9-18-14)7-6-11-4-2-1-3-5-11/h1-10H/b7-6+. The van der Waals surface area contributed by atoms with Gasteiger partial charge in [0, 0.05) is 17.6 Å². The number of hydrogen-bond donors (Lipinski definition) is 0. The zero-order chi connectivity index (χ0) is 12.4. The first-order chi connectivity index (χ1) is 8.83. The minimum atomic E-state index is -0.0473. The molecule has 0 saturated carbocycles. The van der Waals surface area contributed by atoms with Crippen molar-refractivity contribution in [2.45, 2.75) is 0 Å². The molecule has 0 radical (unpaired) electrons. The van der Waals surface area contributed by atoms with E-state index in [1.54, 1.807) is 16.7 Å². The lowest BCUT2D eigenvalue weighted by atomic mass is 10.2. The summed E-state index contributed by atoms with van der Waals surface area (Å²) in [5.74, 6) is 0. The summed E-state index contributed by atoms with van der Waals surface area (Å²) in [7, 11) is 0. The van der Waals surface area contributed by atoms with Crippen LogP contribution in [0, 0.1) is 0 Å². The van der Waals surface area contributed by atoms with Crippen LogP contribution in [0.25, 0.3) is 17.1 Å². The van der Waals surface area contributed by atoms with Gasteiger partial charge in [-0.15, -0.1) is 11.3 Å². The average molecular weight is 254 g/mol. The normalized spacial score (nSPS) is 11.3. The third-order valence-corrected chi connectivity index (χ3v) is 3.33. The van der Waals surface area contributed by atoms with Crippen molar-refractivity contribution in [2.75, 3.05) is 0 Å². The maximum Gasteiger partial charge on any atom is 0.259 e. The van der Waals surface area contributed by atoms with Gasteiger partial charge in [-0.05, 0) is 11.6 Å². The summed E-state index contributed by atoms with van der Waals surface area (Å²) >= 11 is 1.46. The summed E-state index contributed by atoms with van der Waals surface area (Å²) in [6, 6.07) is 11.5. The van der Waals surface area contributed by atoms with E-state index in [0.29, 0.717) is 5.69 Å². The highest BCUT2D eigenvalue weighted by Crippen LogP contribution is 2.09. The lowest BCUT2D eigenvalue weighted by Crippen LogP contribution is -2.11. The second-order valence-electron chi connectivity index (χ2n) is 3.82. The smallest absolute Gasteiger partial charge is 0.259 e. The van der Waals surface area contributed by atoms with E-state index in [2.05, 4.69) is 4.98 Å². The molecular weight excluding hydrogens is 244 g/mol. The molecule has 4 heteroatoms. The number of benzene rings is 1. The Morgan fingerprint density at radius 2 is 2.00 bits per heavy atom. The molecule has 3 rings (SSSR count). The molecule has 88 valence electrons. The molecule has 0 atom stereocenters. The molecule has 0 fully saturated rings. The summed E-state index contributed by atoms with van der Waals surface area (Å²) in [6.45, 7) is 0. The van der Waals surface area contributed by atoms with Crippen molar-refractivity contribution in [3.63, 3.8) is 0 Å². The SMILES string of the molecule is O=c1cc(/C=C/c2ccccc2)nc2sccn12. The van der Waals surface area contributed by atoms with Gasteiger partial charge in [-0.25, -0.2) is 4.98 Å². The van der Waals surface area contributed by atoms with Crippen LogP contribution in [0.15, 0.2) is 52.8 Å². The minimum absolute atomic E-state index is 0.0473. The molecule has 0 amide bonds. The maximum atomic E-state index is 11.8. The quantitative estimate of drug-likeness (QED) is 0.704. The first-order valence-corrected chi connectivity index (χ1v) is 6.41. The van der Waals surface area contributed by atoms with Gasteiger partial charge < -0.3 is 0 Å². The van der Waals surface area contributed by atoms with Crippen molar-refractivity contribution in [1.82, 2.24) is 9.38 Å². The van der Waals surface area contributed by atoms with Gasteiger partial charge >= 0.3 is 0 Å². The van der Waals surface area contributed by atoms with E-state index >= 15 is 0 Å². The second-order valence-corrected chi connectivity index (χ2v) is 4.69. The highest BCUT2D eigenvalue weighted by molar-refractivity contribution is 7.15. The molecule has 0 bridgehead atoms. The van der Waals surface area contributed by atoms with Gasteiger partial charge in [-0.2, -0.15) is 0 Å². The zero-order valence-corrected chi connectivity index (χ0v) is 10.3. The average Bonchev–Trinajstić information content (AvgIpc) is 2.86. The largest absolute Gasteiger partial charge is 0.269 e. The molecule has 1 aromatic carbocycles. The van der Waals surface area contributed by atoms with Crippen LogP contribution >= 0.6 is 11.3 Å². The van der Waals surface area contributed by atoms with Gasteiger partial charge in [0.25, 0.3) is 5.56 Å². The first kappa shape index (κ1) is 10.9. The van der Waals surface area contributed by atoms with Crippen LogP contribution in [0.1, 0.15) is 11.3 Å². The number of rotatable bonds is 2. The zero-order valence-electron chi connectivity index (χ0n) is 9.48. The fourth-order valence-corrected chi connectivity index (χ4v) is 2.42. The topological polar surface area (TPSA) is 34.4 Å². The monoisotopic (exact) mass is 254 g/mol. The third-order valence-electron chi connectivity index (χ3n) is 2.57. The van der Waals surface area contributed by atoms with E-state index in [4.69, 9.17) is 0 Å². The van der Waals surface area contributed by atoms with Gasteiger partial charge in [-0.3, -0.25) is 9.20 Å². The Hall–Kier alpha value is -2.20. The van der Waals surface area contributed by atoms with E-state index in [0.717, 1.165) is 10.5 Å². The van der Waals surface area contributed by atoms with Crippen LogP contribution in [0.2, 0.25) is 0 Å². The van der Waals surface area contributed by atoms with E-state index < -0.39 is 0 Å². The van der Waals surface area contributed by atoms with Crippen molar-refractivity contribution in [3.05, 3.63) is 69.6 Å². The molecule has 3 nitrogen and oxygen atoms in total. The minimum Gasteiger partial charge on any atom is -0.269 e. The summed E-state index contributed by atoms with van der Waals surface area (Å²) in [5, 5.41) is 1.86. The molecule has 0 aliphatic rings. The fourth-order valence-electron chi connectivity index (χ4n) is 1.69. The van der Waals surface area contributed by atoms with Crippen LogP contribution in [0.4, 0.5) is 0 Å². The lowest BCUT2D eigenvalue weighted by Gasteiger charge is -1.95. The Labute approximate surface area is 108 Å². The lowest BCUT2D eigenvalue weighted by molar-refractivity contribution is 1.07. The Morgan fingerprint density at radius 3 is 2.83 bits per heavy atom. The molecular formula is C14H10N2OS. The molecule has 0 aliphatic heterocycles. The Morgan fingerprint density at radius 1 is 1.17 bits per heavy atom. The summed E-state index contributed by atoms with van der Waals surface area (Å²) in [5.41, 5.74) is 1.73. The Kier molecular flexibility index (Phi) is 2.78. The van der Waals surface area contributed by atoms with E-state index in [1.807, 2.05) is 47.9 Å². The van der Waals surface area contributed by atoms with Crippen molar-refractivity contribution < 1.29 is 0 Å². The second kappa shape index (κ2) is 4.58. The summed E-state index contributed by atoms with van der Waals surface area (Å²) in [6.07, 6.45) is 5.54. The number of fused-ring (bicyclic) bond motifs is 1. The third kappa shape index (κ3) is 2.10. The van der Waals surface area contributed by atoms with Crippen LogP contribution in [0.3, 0.4) is 0 Å².